The van der Waals surface area contributed by atoms with Crippen LogP contribution < -0.4 is 4.74 Å². The van der Waals surface area contributed by atoms with Crippen molar-refractivity contribution in [3.8, 4) is 5.75 Å². The van der Waals surface area contributed by atoms with E-state index in [1.165, 1.54) is 38.4 Å². The van der Waals surface area contributed by atoms with Crippen LogP contribution in [-0.4, -0.2) is 59.8 Å². The maximum Gasteiger partial charge on any atom is 0.253 e. The minimum atomic E-state index is -0.490. The first-order valence-corrected chi connectivity index (χ1v) is 10.1. The quantitative estimate of drug-likeness (QED) is 0.813. The average Bonchev–Trinajstić information content (AvgIpc) is 2.66. The summed E-state index contributed by atoms with van der Waals surface area (Å²) in [6.07, 6.45) is 6.59. The van der Waals surface area contributed by atoms with Crippen molar-refractivity contribution in [2.24, 2.45) is 0 Å². The maximum absolute atomic E-state index is 14.5. The van der Waals surface area contributed by atoms with Gasteiger partial charge in [0, 0.05) is 50.4 Å². The lowest BCUT2D eigenvalue weighted by atomic mass is 9.86. The summed E-state index contributed by atoms with van der Waals surface area (Å²) in [4.78, 5) is 27.9. The molecule has 3 aliphatic rings. The van der Waals surface area contributed by atoms with Gasteiger partial charge in [0.1, 0.15) is 11.9 Å². The summed E-state index contributed by atoms with van der Waals surface area (Å²) >= 11 is 0. The number of carbonyl (C=O) groups excluding carboxylic acids is 2. The first-order chi connectivity index (χ1) is 13.1. The number of amides is 1. The van der Waals surface area contributed by atoms with Gasteiger partial charge in [0.25, 0.3) is 5.91 Å². The van der Waals surface area contributed by atoms with E-state index in [0.29, 0.717) is 37.5 Å². The molecule has 0 bridgehead atoms. The SMILES string of the molecule is O=C1CCN(C(=O)c2ccc(OC3CC(N4CCCCC4)C3)c(F)c2)CC1. The summed E-state index contributed by atoms with van der Waals surface area (Å²) in [5.74, 6) is -0.308. The van der Waals surface area contributed by atoms with Crippen molar-refractivity contribution in [2.75, 3.05) is 26.2 Å². The predicted octanol–water partition coefficient (Wildman–Crippen LogP) is 3.03. The van der Waals surface area contributed by atoms with Crippen LogP contribution in [0.1, 0.15) is 55.3 Å². The number of likely N-dealkylation sites (tertiary alicyclic amines) is 2. The summed E-state index contributed by atoms with van der Waals surface area (Å²) < 4.78 is 20.3. The van der Waals surface area contributed by atoms with E-state index in [-0.39, 0.29) is 23.5 Å². The summed E-state index contributed by atoms with van der Waals surface area (Å²) in [5, 5.41) is 0. The van der Waals surface area contributed by atoms with Crippen LogP contribution >= 0.6 is 0 Å². The number of hydrogen-bond donors (Lipinski definition) is 0. The molecule has 0 atom stereocenters. The number of Topliss-reactive ketones (excluding diaryl/α,β-unsaturated/α-hetero) is 1. The zero-order valence-corrected chi connectivity index (χ0v) is 15.7. The molecule has 27 heavy (non-hydrogen) atoms. The van der Waals surface area contributed by atoms with Crippen LogP contribution in [0, 0.1) is 5.82 Å². The number of benzene rings is 1. The molecule has 3 fully saturated rings. The third kappa shape index (κ3) is 4.15. The van der Waals surface area contributed by atoms with Crippen molar-refractivity contribution in [1.82, 2.24) is 9.80 Å². The Morgan fingerprint density at radius 2 is 1.74 bits per heavy atom. The van der Waals surface area contributed by atoms with Crippen LogP contribution in [0.4, 0.5) is 4.39 Å². The molecule has 2 heterocycles. The molecule has 6 heteroatoms. The van der Waals surface area contributed by atoms with Gasteiger partial charge in [-0.1, -0.05) is 6.42 Å². The molecule has 0 radical (unpaired) electrons. The Hall–Kier alpha value is -1.95. The smallest absolute Gasteiger partial charge is 0.253 e. The van der Waals surface area contributed by atoms with Gasteiger partial charge in [0.2, 0.25) is 0 Å². The largest absolute Gasteiger partial charge is 0.487 e. The Kier molecular flexibility index (Phi) is 5.43. The van der Waals surface area contributed by atoms with E-state index < -0.39 is 5.82 Å². The van der Waals surface area contributed by atoms with Crippen LogP contribution in [0.2, 0.25) is 0 Å². The lowest BCUT2D eigenvalue weighted by Gasteiger charge is -2.44. The minimum absolute atomic E-state index is 0.0566. The molecule has 2 aliphatic heterocycles. The highest BCUT2D eigenvalue weighted by Crippen LogP contribution is 2.32. The fourth-order valence-corrected chi connectivity index (χ4v) is 4.27. The molecule has 1 aliphatic carbocycles. The number of ketones is 1. The number of ether oxygens (including phenoxy) is 1. The van der Waals surface area contributed by atoms with Gasteiger partial charge in [-0.3, -0.25) is 9.59 Å². The third-order valence-corrected chi connectivity index (χ3v) is 6.06. The van der Waals surface area contributed by atoms with Gasteiger partial charge >= 0.3 is 0 Å². The van der Waals surface area contributed by atoms with E-state index in [0.717, 1.165) is 12.8 Å². The summed E-state index contributed by atoms with van der Waals surface area (Å²) in [5.41, 5.74) is 0.314. The number of piperidine rings is 2. The van der Waals surface area contributed by atoms with Crippen molar-refractivity contribution < 1.29 is 18.7 Å². The van der Waals surface area contributed by atoms with Gasteiger partial charge in [-0.05, 0) is 44.1 Å². The highest BCUT2D eigenvalue weighted by Gasteiger charge is 2.36. The highest BCUT2D eigenvalue weighted by atomic mass is 19.1. The number of halogens is 1. The zero-order valence-electron chi connectivity index (χ0n) is 15.7. The summed E-state index contributed by atoms with van der Waals surface area (Å²) in [7, 11) is 0. The van der Waals surface area contributed by atoms with Crippen LogP contribution in [0.15, 0.2) is 18.2 Å². The number of hydrogen-bond acceptors (Lipinski definition) is 4. The number of rotatable bonds is 4. The van der Waals surface area contributed by atoms with Gasteiger partial charge in [-0.2, -0.15) is 0 Å². The Labute approximate surface area is 159 Å². The minimum Gasteiger partial charge on any atom is -0.487 e. The van der Waals surface area contributed by atoms with E-state index >= 15 is 0 Å². The van der Waals surface area contributed by atoms with Gasteiger partial charge in [0.15, 0.2) is 11.6 Å². The van der Waals surface area contributed by atoms with Gasteiger partial charge < -0.3 is 14.5 Å². The monoisotopic (exact) mass is 374 g/mol. The van der Waals surface area contributed by atoms with Crippen LogP contribution in [0.5, 0.6) is 5.75 Å². The molecule has 0 aromatic heterocycles. The fraction of sp³-hybridized carbons (Fsp3) is 0.619. The molecule has 4 rings (SSSR count). The Morgan fingerprint density at radius 3 is 2.41 bits per heavy atom. The Balaban J connectivity index is 1.31. The van der Waals surface area contributed by atoms with Gasteiger partial charge in [-0.25, -0.2) is 4.39 Å². The van der Waals surface area contributed by atoms with Gasteiger partial charge in [0.05, 0.1) is 0 Å². The topological polar surface area (TPSA) is 49.9 Å². The zero-order chi connectivity index (χ0) is 18.8. The lowest BCUT2D eigenvalue weighted by molar-refractivity contribution is -0.120. The molecule has 1 saturated carbocycles. The second-order valence-electron chi connectivity index (χ2n) is 7.94. The van der Waals surface area contributed by atoms with Crippen molar-refractivity contribution in [3.05, 3.63) is 29.6 Å². The van der Waals surface area contributed by atoms with E-state index in [1.807, 2.05) is 0 Å². The first kappa shape index (κ1) is 18.4. The lowest BCUT2D eigenvalue weighted by Crippen LogP contribution is -2.50. The van der Waals surface area contributed by atoms with Crippen molar-refractivity contribution in [2.45, 2.75) is 57.1 Å². The molecule has 0 N–H and O–H groups in total. The maximum atomic E-state index is 14.5. The van der Waals surface area contributed by atoms with Crippen molar-refractivity contribution in [1.29, 1.82) is 0 Å². The molecule has 0 spiro atoms. The average molecular weight is 374 g/mol. The molecule has 1 aromatic rings. The fourth-order valence-electron chi connectivity index (χ4n) is 4.27. The predicted molar refractivity (Wildman–Crippen MR) is 99.4 cm³/mol. The highest BCUT2D eigenvalue weighted by molar-refractivity contribution is 5.95. The third-order valence-electron chi connectivity index (χ3n) is 6.06. The number of carbonyl (C=O) groups is 2. The van der Waals surface area contributed by atoms with E-state index in [2.05, 4.69) is 4.90 Å². The molecule has 1 amide bonds. The molecule has 2 saturated heterocycles. The second kappa shape index (κ2) is 7.97. The van der Waals surface area contributed by atoms with Crippen LogP contribution in [-0.2, 0) is 4.79 Å². The van der Waals surface area contributed by atoms with Crippen LogP contribution in [0.25, 0.3) is 0 Å². The normalized spacial score (nSPS) is 26.6. The van der Waals surface area contributed by atoms with Crippen molar-refractivity contribution >= 4 is 11.7 Å². The molecule has 0 unspecified atom stereocenters. The molecular weight excluding hydrogens is 347 g/mol. The van der Waals surface area contributed by atoms with Gasteiger partial charge in [-0.15, -0.1) is 0 Å². The first-order valence-electron chi connectivity index (χ1n) is 10.1. The Bertz CT molecular complexity index is 701. The van der Waals surface area contributed by atoms with E-state index in [4.69, 9.17) is 4.74 Å². The molecule has 146 valence electrons. The number of nitrogens with zero attached hydrogens (tertiary/aromatic N) is 2. The van der Waals surface area contributed by atoms with Crippen LogP contribution in [0.3, 0.4) is 0 Å². The molecular formula is C21H27FN2O3. The standard InChI is InChI=1S/C21H27FN2O3/c22-19-12-15(21(26)24-10-6-17(25)7-11-24)4-5-20(19)27-18-13-16(14-18)23-8-2-1-3-9-23/h4-5,12,16,18H,1-3,6-11,13-14H2. The summed E-state index contributed by atoms with van der Waals surface area (Å²) in [6, 6.07) is 5.01. The van der Waals surface area contributed by atoms with Crippen molar-refractivity contribution in [3.63, 3.8) is 0 Å². The van der Waals surface area contributed by atoms with E-state index in [9.17, 15) is 14.0 Å². The second-order valence-corrected chi connectivity index (χ2v) is 7.94. The summed E-state index contributed by atoms with van der Waals surface area (Å²) in [6.45, 7) is 3.17. The van der Waals surface area contributed by atoms with E-state index in [1.54, 1.807) is 17.0 Å². The molecule has 5 nitrogen and oxygen atoms in total. The Morgan fingerprint density at radius 1 is 1.04 bits per heavy atom. The molecule has 1 aromatic carbocycles.